The number of aliphatic imine (C=N–C) groups is 2. The monoisotopic (exact) mass is 1470 g/mol. The molecule has 2 saturated heterocycles. The molecule has 6 N–H and O–H groups in total. The van der Waals surface area contributed by atoms with E-state index in [4.69, 9.17) is 64.1 Å². The number of carbonyl (C=O) groups is 4. The Morgan fingerprint density at radius 2 is 1.21 bits per heavy atom. The van der Waals surface area contributed by atoms with Crippen molar-refractivity contribution in [2.75, 3.05) is 141 Å². The van der Waals surface area contributed by atoms with E-state index >= 15 is 0 Å². The normalized spacial score (nSPS) is 17.3. The van der Waals surface area contributed by atoms with Crippen LogP contribution in [0.4, 0.5) is 67.4 Å². The lowest BCUT2D eigenvalue weighted by atomic mass is 9.97. The number of carbonyl (C=O) groups excluding carboxylic acids is 4. The molecule has 31 nitrogen and oxygen atoms in total. The van der Waals surface area contributed by atoms with Crippen LogP contribution in [0.15, 0.2) is 137 Å². The van der Waals surface area contributed by atoms with E-state index in [1.54, 1.807) is 32.4 Å². The molecule has 2 aromatic heterocycles. The number of guanidine groups is 1. The summed E-state index contributed by atoms with van der Waals surface area (Å²) in [4.78, 5) is 82.7. The first-order valence-electron chi connectivity index (χ1n) is 32.5. The van der Waals surface area contributed by atoms with E-state index in [-0.39, 0.29) is 61.7 Å². The quantitative estimate of drug-likeness (QED) is 0.00818. The molecule has 4 aliphatic rings. The minimum atomic E-state index is -4.51. The Bertz CT molecular complexity index is 4560. The Hall–Kier alpha value is -9.72. The van der Waals surface area contributed by atoms with Crippen LogP contribution < -0.4 is 50.3 Å². The van der Waals surface area contributed by atoms with Crippen LogP contribution in [-0.4, -0.2) is 176 Å². The van der Waals surface area contributed by atoms with Gasteiger partial charge >= 0.3 is 0 Å². The molecular formula is C67H78N16O15S4. The summed E-state index contributed by atoms with van der Waals surface area (Å²) in [5, 5.41) is 31.9. The number of methoxy groups -OCH3 is 2. The highest BCUT2D eigenvalue weighted by Crippen LogP contribution is 2.45. The molecule has 1 atom stereocenters. The van der Waals surface area contributed by atoms with Crippen LogP contribution in [0.1, 0.15) is 70.1 Å². The first-order chi connectivity index (χ1) is 48.9. The SMILES string of the molecule is C=CC12CC(=NC(Nc3cc(N(CC)CC)c(OC)cc3/N=N/c3nc(N4CCOCC4)c(/C=C(/C(C)=O)C(=O)Nc4ccc(S(=O)(=O)O)cc4)s3)=N1)CCCCOCN(CC)c1cc(c(/N=N/c3nc(N4CCOCC4)c(/C=C(\C(C)=O)C(=O)Nc4ccc(S(=O)(=O)O)cc4)s3)cc1OC)N2. The molecule has 0 spiro atoms. The van der Waals surface area contributed by atoms with Crippen LogP contribution in [0.2, 0.25) is 0 Å². The van der Waals surface area contributed by atoms with Gasteiger partial charge in [0.2, 0.25) is 16.2 Å². The number of ketones is 2. The van der Waals surface area contributed by atoms with Crippen LogP contribution >= 0.6 is 22.7 Å². The number of hydrogen-bond donors (Lipinski definition) is 6. The van der Waals surface area contributed by atoms with Crippen LogP contribution in [0.25, 0.3) is 12.2 Å². The fourth-order valence-corrected chi connectivity index (χ4v) is 13.9. The number of amides is 2. The molecule has 0 aliphatic carbocycles. The highest BCUT2D eigenvalue weighted by atomic mass is 32.2. The van der Waals surface area contributed by atoms with Gasteiger partial charge in [0.15, 0.2) is 17.2 Å². The molecule has 1 unspecified atom stereocenters. The Morgan fingerprint density at radius 1 is 0.696 bits per heavy atom. The maximum absolute atomic E-state index is 13.8. The van der Waals surface area contributed by atoms with Crippen LogP contribution in [0.5, 0.6) is 11.5 Å². The van der Waals surface area contributed by atoms with E-state index in [9.17, 15) is 45.1 Å². The van der Waals surface area contributed by atoms with Gasteiger partial charge in [0.1, 0.15) is 41.2 Å². The van der Waals surface area contributed by atoms with E-state index in [0.717, 1.165) is 58.3 Å². The number of morpholine rings is 2. The van der Waals surface area contributed by atoms with E-state index in [2.05, 4.69) is 32.7 Å². The van der Waals surface area contributed by atoms with Gasteiger partial charge in [-0.15, -0.1) is 20.5 Å². The summed E-state index contributed by atoms with van der Waals surface area (Å²) in [5.41, 5.74) is 2.17. The van der Waals surface area contributed by atoms with Gasteiger partial charge in [-0.3, -0.25) is 28.3 Å². The molecule has 4 aromatic carbocycles. The largest absolute Gasteiger partial charge is 0.494 e. The minimum absolute atomic E-state index is 0.165. The maximum atomic E-state index is 13.8. The summed E-state index contributed by atoms with van der Waals surface area (Å²) in [6, 6.07) is 16.9. The van der Waals surface area contributed by atoms with Crippen LogP contribution in [-0.2, 0) is 53.6 Å². The Labute approximate surface area is 597 Å². The molecular weight excluding hydrogens is 1400 g/mol. The van der Waals surface area contributed by atoms with Gasteiger partial charge in [-0.2, -0.15) is 26.8 Å². The highest BCUT2D eigenvalue weighted by molar-refractivity contribution is 7.86. The first kappa shape index (κ1) is 75.0. The fraction of sp³-hybridized carbons (Fsp3) is 0.373. The third-order valence-electron chi connectivity index (χ3n) is 16.6. The molecule has 0 radical (unpaired) electrons. The Kier molecular flexibility index (Phi) is 24.5. The molecule has 6 heterocycles. The number of azo groups is 2. The van der Waals surface area contributed by atoms with Crippen molar-refractivity contribution < 1.29 is 68.8 Å². The van der Waals surface area contributed by atoms with Gasteiger partial charge in [0.25, 0.3) is 32.1 Å². The van der Waals surface area contributed by atoms with Crippen molar-refractivity contribution in [2.24, 2.45) is 30.4 Å². The minimum Gasteiger partial charge on any atom is -0.494 e. The van der Waals surface area contributed by atoms with E-state index in [0.29, 0.717) is 159 Å². The summed E-state index contributed by atoms with van der Waals surface area (Å²) < 4.78 is 95.6. The number of ether oxygens (including phenoxy) is 5. The summed E-state index contributed by atoms with van der Waals surface area (Å²) in [5.74, 6) is -0.736. The summed E-state index contributed by atoms with van der Waals surface area (Å²) >= 11 is 2.17. The van der Waals surface area contributed by atoms with Crippen molar-refractivity contribution in [2.45, 2.75) is 75.8 Å². The zero-order chi connectivity index (χ0) is 72.9. The molecule has 102 heavy (non-hydrogen) atoms. The molecule has 10 rings (SSSR count). The number of nitrogens with one attached hydrogen (secondary N) is 4. The van der Waals surface area contributed by atoms with Gasteiger partial charge in [-0.25, -0.2) is 9.98 Å². The zero-order valence-corrected chi connectivity index (χ0v) is 60.4. The first-order valence-corrected chi connectivity index (χ1v) is 37.0. The fourth-order valence-electron chi connectivity index (χ4n) is 11.3. The lowest BCUT2D eigenvalue weighted by Gasteiger charge is -2.34. The summed E-state index contributed by atoms with van der Waals surface area (Å²) in [7, 11) is -5.90. The van der Waals surface area contributed by atoms with Crippen molar-refractivity contribution in [1.82, 2.24) is 9.97 Å². The number of nitrogens with zero attached hydrogens (tertiary/aromatic N) is 12. The maximum Gasteiger partial charge on any atom is 0.294 e. The Morgan fingerprint density at radius 3 is 1.68 bits per heavy atom. The second-order valence-corrected chi connectivity index (χ2v) is 28.2. The molecule has 540 valence electrons. The second kappa shape index (κ2) is 33.4. The van der Waals surface area contributed by atoms with Crippen LogP contribution in [0, 0.1) is 0 Å². The van der Waals surface area contributed by atoms with Crippen LogP contribution in [0.3, 0.4) is 0 Å². The van der Waals surface area contributed by atoms with E-state index in [1.807, 2.05) is 47.6 Å². The smallest absolute Gasteiger partial charge is 0.294 e. The number of hydrogen-bond acceptors (Lipinski definition) is 29. The number of rotatable bonds is 24. The zero-order valence-electron chi connectivity index (χ0n) is 57.1. The third-order valence-corrected chi connectivity index (χ3v) is 20.1. The predicted molar refractivity (Wildman–Crippen MR) is 393 cm³/mol. The number of thiazole rings is 2. The van der Waals surface area contributed by atoms with Crippen molar-refractivity contribution in [1.29, 1.82) is 0 Å². The third kappa shape index (κ3) is 18.5. The van der Waals surface area contributed by atoms with Gasteiger partial charge in [0, 0.05) is 88.1 Å². The lowest BCUT2D eigenvalue weighted by Crippen LogP contribution is -2.41. The molecule has 0 saturated carbocycles. The standard InChI is InChI=1S/C67H78N16O15S4/c1-9-67-39-45(70-64(75-67)71-50-35-54(80(10-2)11-3)56(94-7)37-52(50)76-78-65-72-60(82-24-29-96-30-25-82)58(99-65)33-48(41(5)84)62(86)68-43-16-20-46(21-17-43)101(88,89)90)15-13-14-28-98-40-81(12-4)55-36-51(74-67)53(38-57(55)95-8)77-79-66-73-61(83-26-31-97-32-27-83)59(100-66)34-49(42(6)85)63(87)69-44-18-22-47(23-19-44)102(91,92)93/h9,16-23,33-38,74H,1,10-15,24-32,39-40H2,2-8H3,(H,68,86)(H,69,87)(H,71,75)(H,88,89,90)(H,91,92,93)/b48-33-,49-34+,78-76+,79-77+. The molecule has 2 fully saturated rings. The van der Waals surface area contributed by atoms with E-state index in [1.165, 1.54) is 50.3 Å². The molecule has 4 aliphatic heterocycles. The number of aromatic nitrogens is 2. The lowest BCUT2D eigenvalue weighted by molar-refractivity contribution is -0.120. The average Bonchev–Trinajstić information content (AvgIpc) is 1.10. The summed E-state index contributed by atoms with van der Waals surface area (Å²) in [6.07, 6.45) is 6.79. The molecule has 4 bridgehead atoms. The molecule has 6 aromatic rings. The number of Topliss-reactive ketones (excluding diaryl/α,β-unsaturated/α-hetero) is 2. The van der Waals surface area contributed by atoms with Crippen molar-refractivity contribution in [3.8, 4) is 11.5 Å². The van der Waals surface area contributed by atoms with Gasteiger partial charge in [0.05, 0.1) is 94.1 Å². The molecule has 35 heteroatoms. The van der Waals surface area contributed by atoms with Crippen molar-refractivity contribution >= 4 is 158 Å². The highest BCUT2D eigenvalue weighted by Gasteiger charge is 2.35. The van der Waals surface area contributed by atoms with Crippen molar-refractivity contribution in [3.05, 3.63) is 106 Å². The second-order valence-electron chi connectivity index (χ2n) is 23.4. The van der Waals surface area contributed by atoms with Gasteiger partial charge in [-0.05, 0) is 133 Å². The average molecular weight is 1480 g/mol. The number of fused-ring (bicyclic) bond motifs is 4. The van der Waals surface area contributed by atoms with Gasteiger partial charge in [-0.1, -0.05) is 29.3 Å². The van der Waals surface area contributed by atoms with E-state index < -0.39 is 49.3 Å². The van der Waals surface area contributed by atoms with Crippen molar-refractivity contribution in [3.63, 3.8) is 0 Å². The number of benzene rings is 4. The summed E-state index contributed by atoms with van der Waals surface area (Å²) in [6.45, 7) is 18.6. The molecule has 2 amide bonds. The topological polar surface area (TPSA) is 384 Å². The number of anilines is 8. The predicted octanol–water partition coefficient (Wildman–Crippen LogP) is 11.3. The Balaban J connectivity index is 1.03. The van der Waals surface area contributed by atoms with Gasteiger partial charge < -0.3 is 64.6 Å².